The highest BCUT2D eigenvalue weighted by atomic mass is 16.5. The van der Waals surface area contributed by atoms with Crippen molar-refractivity contribution in [3.05, 3.63) is 36.0 Å². The van der Waals surface area contributed by atoms with Crippen molar-refractivity contribution >= 4 is 16.6 Å². The van der Waals surface area contributed by atoms with Crippen LogP contribution >= 0.6 is 0 Å². The van der Waals surface area contributed by atoms with E-state index >= 15 is 0 Å². The highest BCUT2D eigenvalue weighted by molar-refractivity contribution is 5.90. The molecule has 1 aliphatic heterocycles. The second-order valence-electron chi connectivity index (χ2n) is 5.27. The maximum absolute atomic E-state index is 6.24. The Balaban J connectivity index is 1.63. The summed E-state index contributed by atoms with van der Waals surface area (Å²) in [5, 5.41) is 1.11. The Morgan fingerprint density at radius 3 is 2.90 bits per heavy atom. The number of hydrogen-bond acceptors (Lipinski definition) is 4. The highest BCUT2D eigenvalue weighted by Gasteiger charge is 2.10. The average Bonchev–Trinajstić information content (AvgIpc) is 2.51. The number of morpholine rings is 1. The molecule has 0 aliphatic carbocycles. The molecule has 0 bridgehead atoms. The Bertz CT molecular complexity index is 579. The zero-order chi connectivity index (χ0) is 13.8. The molecule has 106 valence electrons. The molecule has 1 aromatic heterocycles. The number of nitrogen functional groups attached to an aromatic ring is 1. The topological polar surface area (TPSA) is 51.4 Å². The SMILES string of the molecule is Nc1c(CCCN2CCOCC2)ccc2cccnc12. The van der Waals surface area contributed by atoms with E-state index in [4.69, 9.17) is 10.5 Å². The number of anilines is 1. The number of aromatic nitrogens is 1. The molecular formula is C16H21N3O. The summed E-state index contributed by atoms with van der Waals surface area (Å²) in [6, 6.07) is 8.25. The first kappa shape index (κ1) is 13.3. The van der Waals surface area contributed by atoms with Gasteiger partial charge >= 0.3 is 0 Å². The molecule has 0 amide bonds. The first-order chi connectivity index (χ1) is 9.84. The summed E-state index contributed by atoms with van der Waals surface area (Å²) in [6.07, 6.45) is 3.94. The number of benzene rings is 1. The molecule has 2 heterocycles. The largest absolute Gasteiger partial charge is 0.397 e. The van der Waals surface area contributed by atoms with Gasteiger partial charge in [-0.15, -0.1) is 0 Å². The highest BCUT2D eigenvalue weighted by Crippen LogP contribution is 2.23. The predicted molar refractivity (Wildman–Crippen MR) is 81.7 cm³/mol. The molecule has 0 radical (unpaired) electrons. The Labute approximate surface area is 119 Å². The van der Waals surface area contributed by atoms with E-state index in [9.17, 15) is 0 Å². The van der Waals surface area contributed by atoms with Crippen molar-refractivity contribution in [3.63, 3.8) is 0 Å². The molecule has 0 unspecified atom stereocenters. The van der Waals surface area contributed by atoms with E-state index in [2.05, 4.69) is 28.1 Å². The summed E-state index contributed by atoms with van der Waals surface area (Å²) < 4.78 is 5.36. The lowest BCUT2D eigenvalue weighted by Gasteiger charge is -2.26. The second-order valence-corrected chi connectivity index (χ2v) is 5.27. The Morgan fingerprint density at radius 1 is 1.20 bits per heavy atom. The van der Waals surface area contributed by atoms with Crippen LogP contribution in [0.4, 0.5) is 5.69 Å². The van der Waals surface area contributed by atoms with E-state index in [0.29, 0.717) is 0 Å². The van der Waals surface area contributed by atoms with Gasteiger partial charge in [-0.2, -0.15) is 0 Å². The minimum Gasteiger partial charge on any atom is -0.397 e. The lowest BCUT2D eigenvalue weighted by Crippen LogP contribution is -2.36. The molecule has 20 heavy (non-hydrogen) atoms. The van der Waals surface area contributed by atoms with E-state index < -0.39 is 0 Å². The van der Waals surface area contributed by atoms with Crippen molar-refractivity contribution in [2.45, 2.75) is 12.8 Å². The maximum atomic E-state index is 6.24. The monoisotopic (exact) mass is 271 g/mol. The van der Waals surface area contributed by atoms with E-state index in [1.165, 1.54) is 5.56 Å². The zero-order valence-electron chi connectivity index (χ0n) is 11.7. The van der Waals surface area contributed by atoms with Crippen LogP contribution in [0.15, 0.2) is 30.5 Å². The van der Waals surface area contributed by atoms with Crippen molar-refractivity contribution in [1.29, 1.82) is 0 Å². The van der Waals surface area contributed by atoms with E-state index in [0.717, 1.165) is 62.3 Å². The van der Waals surface area contributed by atoms with Crippen LogP contribution in [0.25, 0.3) is 10.9 Å². The van der Waals surface area contributed by atoms with Crippen molar-refractivity contribution in [1.82, 2.24) is 9.88 Å². The fraction of sp³-hybridized carbons (Fsp3) is 0.438. The van der Waals surface area contributed by atoms with Gasteiger partial charge in [0.1, 0.15) is 0 Å². The molecule has 3 rings (SSSR count). The fourth-order valence-electron chi connectivity index (χ4n) is 2.75. The Morgan fingerprint density at radius 2 is 2.05 bits per heavy atom. The third-order valence-electron chi connectivity index (χ3n) is 3.93. The number of ether oxygens (including phenoxy) is 1. The van der Waals surface area contributed by atoms with Crippen molar-refractivity contribution < 1.29 is 4.74 Å². The zero-order valence-corrected chi connectivity index (χ0v) is 11.7. The van der Waals surface area contributed by atoms with Gasteiger partial charge in [-0.25, -0.2) is 0 Å². The molecular weight excluding hydrogens is 250 g/mol. The number of pyridine rings is 1. The van der Waals surface area contributed by atoms with Gasteiger partial charge in [0.25, 0.3) is 0 Å². The second kappa shape index (κ2) is 6.20. The van der Waals surface area contributed by atoms with Crippen LogP contribution in [0.3, 0.4) is 0 Å². The van der Waals surface area contributed by atoms with Crippen molar-refractivity contribution in [2.24, 2.45) is 0 Å². The van der Waals surface area contributed by atoms with Gasteiger partial charge in [0.2, 0.25) is 0 Å². The van der Waals surface area contributed by atoms with Crippen LogP contribution in [0.1, 0.15) is 12.0 Å². The molecule has 1 aromatic carbocycles. The van der Waals surface area contributed by atoms with Gasteiger partial charge < -0.3 is 10.5 Å². The average molecular weight is 271 g/mol. The van der Waals surface area contributed by atoms with E-state index in [-0.39, 0.29) is 0 Å². The van der Waals surface area contributed by atoms with Crippen LogP contribution in [0.2, 0.25) is 0 Å². The molecule has 4 heteroatoms. The van der Waals surface area contributed by atoms with E-state index in [1.807, 2.05) is 6.07 Å². The third-order valence-corrected chi connectivity index (χ3v) is 3.93. The molecule has 2 aromatic rings. The van der Waals surface area contributed by atoms with Gasteiger partial charge in [-0.1, -0.05) is 18.2 Å². The number of fused-ring (bicyclic) bond motifs is 1. The first-order valence-electron chi connectivity index (χ1n) is 7.27. The van der Waals surface area contributed by atoms with Gasteiger partial charge in [-0.05, 0) is 31.0 Å². The molecule has 1 saturated heterocycles. The summed E-state index contributed by atoms with van der Waals surface area (Å²) in [6.45, 7) is 4.94. The number of aryl methyl sites for hydroxylation is 1. The quantitative estimate of drug-likeness (QED) is 0.865. The fourth-order valence-corrected chi connectivity index (χ4v) is 2.75. The summed E-state index contributed by atoms with van der Waals surface area (Å²) in [5.74, 6) is 0. The van der Waals surface area contributed by atoms with Crippen molar-refractivity contribution in [2.75, 3.05) is 38.6 Å². The first-order valence-corrected chi connectivity index (χ1v) is 7.27. The minimum atomic E-state index is 0.838. The van der Waals surface area contributed by atoms with Crippen LogP contribution in [-0.2, 0) is 11.2 Å². The molecule has 0 atom stereocenters. The number of nitrogens with zero attached hydrogens (tertiary/aromatic N) is 2. The molecule has 0 saturated carbocycles. The van der Waals surface area contributed by atoms with Gasteiger partial charge in [-0.3, -0.25) is 9.88 Å². The minimum absolute atomic E-state index is 0.838. The lowest BCUT2D eigenvalue weighted by molar-refractivity contribution is 0.0375. The summed E-state index contributed by atoms with van der Waals surface area (Å²) >= 11 is 0. The summed E-state index contributed by atoms with van der Waals surface area (Å²) in [7, 11) is 0. The molecule has 1 fully saturated rings. The molecule has 0 spiro atoms. The normalized spacial score (nSPS) is 16.6. The predicted octanol–water partition coefficient (Wildman–Crippen LogP) is 2.08. The number of hydrogen-bond donors (Lipinski definition) is 1. The van der Waals surface area contributed by atoms with Crippen LogP contribution < -0.4 is 5.73 Å². The standard InChI is InChI=1S/C16H21N3O/c17-15-13(4-2-8-19-9-11-20-12-10-19)5-6-14-3-1-7-18-16(14)15/h1,3,5-7H,2,4,8-12,17H2. The van der Waals surface area contributed by atoms with Gasteiger partial charge in [0.15, 0.2) is 0 Å². The summed E-state index contributed by atoms with van der Waals surface area (Å²) in [4.78, 5) is 6.84. The van der Waals surface area contributed by atoms with Crippen molar-refractivity contribution in [3.8, 4) is 0 Å². The lowest BCUT2D eigenvalue weighted by atomic mass is 10.0. The van der Waals surface area contributed by atoms with Gasteiger partial charge in [0, 0.05) is 24.7 Å². The molecule has 4 nitrogen and oxygen atoms in total. The Kier molecular flexibility index (Phi) is 4.14. The maximum Gasteiger partial charge on any atom is 0.0933 e. The molecule has 1 aliphatic rings. The number of nitrogens with two attached hydrogens (primary N) is 1. The van der Waals surface area contributed by atoms with Gasteiger partial charge in [0.05, 0.1) is 24.4 Å². The Hall–Kier alpha value is -1.65. The third kappa shape index (κ3) is 2.92. The van der Waals surface area contributed by atoms with Crippen LogP contribution in [-0.4, -0.2) is 42.7 Å². The number of rotatable bonds is 4. The summed E-state index contributed by atoms with van der Waals surface area (Å²) in [5.41, 5.74) is 9.22. The van der Waals surface area contributed by atoms with Crippen LogP contribution in [0.5, 0.6) is 0 Å². The van der Waals surface area contributed by atoms with E-state index in [1.54, 1.807) is 6.20 Å². The van der Waals surface area contributed by atoms with Crippen LogP contribution in [0, 0.1) is 0 Å². The molecule has 2 N–H and O–H groups in total. The smallest absolute Gasteiger partial charge is 0.0933 e.